The topological polar surface area (TPSA) is 89.6 Å². The molecule has 1 amide bonds. The molecule has 2 aromatic rings. The molecule has 3 rings (SSSR count). The third-order valence-electron chi connectivity index (χ3n) is 4.30. The fourth-order valence-electron chi connectivity index (χ4n) is 2.82. The fraction of sp³-hybridized carbons (Fsp3) is 0.250. The second-order valence-electron chi connectivity index (χ2n) is 6.44. The number of nitrogens with one attached hydrogen (secondary N) is 1. The molecule has 1 heterocycles. The number of nitrogens with two attached hydrogens (primary N) is 1. The van der Waals surface area contributed by atoms with E-state index in [9.17, 15) is 9.18 Å². The van der Waals surface area contributed by atoms with Gasteiger partial charge in [0.25, 0.3) is 11.9 Å². The van der Waals surface area contributed by atoms with Gasteiger partial charge in [-0.25, -0.2) is 9.37 Å². The Morgan fingerprint density at radius 2 is 2.07 bits per heavy atom. The third kappa shape index (κ3) is 5.07. The van der Waals surface area contributed by atoms with Gasteiger partial charge < -0.3 is 15.8 Å². The van der Waals surface area contributed by atoms with E-state index in [0.29, 0.717) is 10.7 Å². The van der Waals surface area contributed by atoms with Crippen molar-refractivity contribution < 1.29 is 13.9 Å². The van der Waals surface area contributed by atoms with Crippen LogP contribution < -0.4 is 11.1 Å². The number of hydrogen-bond donors (Lipinski definition) is 2. The Morgan fingerprint density at radius 3 is 2.79 bits per heavy atom. The zero-order valence-corrected chi connectivity index (χ0v) is 16.1. The number of anilines is 1. The van der Waals surface area contributed by atoms with Crippen molar-refractivity contribution in [1.82, 2.24) is 4.98 Å². The van der Waals surface area contributed by atoms with E-state index in [1.54, 1.807) is 6.07 Å². The summed E-state index contributed by atoms with van der Waals surface area (Å²) in [6, 6.07) is 6.91. The molecule has 0 atom stereocenters. The molecule has 1 aliphatic carbocycles. The van der Waals surface area contributed by atoms with E-state index in [0.717, 1.165) is 37.0 Å². The smallest absolute Gasteiger partial charge is 0.292 e. The monoisotopic (exact) mass is 402 g/mol. The van der Waals surface area contributed by atoms with Crippen molar-refractivity contribution in [1.29, 1.82) is 0 Å². The SMILES string of the molecule is CC1=C(O/C(N)=N\c2cc(NC(=O)c3ccc(Cl)cn3)ccc2F)CCCC1. The number of rotatable bonds is 4. The summed E-state index contributed by atoms with van der Waals surface area (Å²) in [5.41, 5.74) is 7.47. The van der Waals surface area contributed by atoms with Crippen LogP contribution in [0.3, 0.4) is 0 Å². The molecule has 0 radical (unpaired) electrons. The van der Waals surface area contributed by atoms with Crippen molar-refractivity contribution in [2.75, 3.05) is 5.32 Å². The van der Waals surface area contributed by atoms with Crippen LogP contribution in [0.5, 0.6) is 0 Å². The van der Waals surface area contributed by atoms with Crippen LogP contribution in [-0.2, 0) is 4.74 Å². The van der Waals surface area contributed by atoms with Gasteiger partial charge in [0.05, 0.1) is 5.02 Å². The number of carbonyl (C=O) groups excluding carboxylic acids is 1. The minimum Gasteiger partial charge on any atom is -0.431 e. The zero-order valence-electron chi connectivity index (χ0n) is 15.3. The third-order valence-corrected chi connectivity index (χ3v) is 4.53. The Balaban J connectivity index is 1.75. The quantitative estimate of drug-likeness (QED) is 0.560. The molecule has 3 N–H and O–H groups in total. The van der Waals surface area contributed by atoms with Crippen LogP contribution in [0, 0.1) is 5.82 Å². The molecular weight excluding hydrogens is 383 g/mol. The van der Waals surface area contributed by atoms with Gasteiger partial charge in [-0.1, -0.05) is 11.6 Å². The van der Waals surface area contributed by atoms with Gasteiger partial charge in [-0.05, 0) is 62.1 Å². The van der Waals surface area contributed by atoms with Gasteiger partial charge in [0.15, 0.2) is 0 Å². The molecule has 0 unspecified atom stereocenters. The molecule has 0 fully saturated rings. The Kier molecular flexibility index (Phi) is 6.26. The molecular formula is C20H20ClFN4O2. The summed E-state index contributed by atoms with van der Waals surface area (Å²) in [5.74, 6) is -0.250. The second kappa shape index (κ2) is 8.84. The summed E-state index contributed by atoms with van der Waals surface area (Å²) < 4.78 is 19.7. The van der Waals surface area contributed by atoms with Gasteiger partial charge in [-0.3, -0.25) is 4.79 Å². The maximum absolute atomic E-state index is 14.1. The molecule has 146 valence electrons. The molecule has 1 aromatic heterocycles. The number of aromatic nitrogens is 1. The molecule has 0 bridgehead atoms. The van der Waals surface area contributed by atoms with E-state index in [1.807, 2.05) is 6.92 Å². The van der Waals surface area contributed by atoms with Crippen LogP contribution in [0.15, 0.2) is 52.9 Å². The maximum Gasteiger partial charge on any atom is 0.292 e. The van der Waals surface area contributed by atoms with E-state index >= 15 is 0 Å². The summed E-state index contributed by atoms with van der Waals surface area (Å²) in [6.45, 7) is 1.99. The molecule has 1 aromatic carbocycles. The van der Waals surface area contributed by atoms with Crippen LogP contribution >= 0.6 is 11.6 Å². The van der Waals surface area contributed by atoms with E-state index in [1.165, 1.54) is 30.5 Å². The molecule has 0 saturated heterocycles. The summed E-state index contributed by atoms with van der Waals surface area (Å²) in [4.78, 5) is 20.2. The summed E-state index contributed by atoms with van der Waals surface area (Å²) in [6.07, 6.45) is 5.26. The van der Waals surface area contributed by atoms with E-state index in [-0.39, 0.29) is 17.4 Å². The Morgan fingerprint density at radius 1 is 1.29 bits per heavy atom. The van der Waals surface area contributed by atoms with Crippen LogP contribution in [-0.4, -0.2) is 16.9 Å². The largest absolute Gasteiger partial charge is 0.431 e. The predicted molar refractivity (Wildman–Crippen MR) is 107 cm³/mol. The first-order chi connectivity index (χ1) is 13.4. The van der Waals surface area contributed by atoms with Crippen molar-refractivity contribution in [3.63, 3.8) is 0 Å². The number of ether oxygens (including phenoxy) is 1. The highest BCUT2D eigenvalue weighted by Crippen LogP contribution is 2.26. The lowest BCUT2D eigenvalue weighted by molar-refractivity contribution is 0.102. The lowest BCUT2D eigenvalue weighted by Crippen LogP contribution is -2.17. The predicted octanol–water partition coefficient (Wildman–Crippen LogP) is 4.94. The minimum absolute atomic E-state index is 0.0339. The number of carbonyl (C=O) groups is 1. The number of hydrogen-bond acceptors (Lipinski definition) is 4. The highest BCUT2D eigenvalue weighted by molar-refractivity contribution is 6.30. The number of halogens is 2. The zero-order chi connectivity index (χ0) is 20.1. The lowest BCUT2D eigenvalue weighted by atomic mass is 9.99. The maximum atomic E-state index is 14.1. The van der Waals surface area contributed by atoms with Crippen LogP contribution in [0.2, 0.25) is 5.02 Å². The van der Waals surface area contributed by atoms with Crippen molar-refractivity contribution >= 4 is 34.9 Å². The van der Waals surface area contributed by atoms with Crippen molar-refractivity contribution in [3.8, 4) is 0 Å². The van der Waals surface area contributed by atoms with Gasteiger partial charge in [0.1, 0.15) is 23.0 Å². The number of pyridine rings is 1. The molecule has 0 aliphatic heterocycles. The highest BCUT2D eigenvalue weighted by atomic mass is 35.5. The van der Waals surface area contributed by atoms with Gasteiger partial charge in [-0.15, -0.1) is 0 Å². The van der Waals surface area contributed by atoms with Crippen molar-refractivity contribution in [2.45, 2.75) is 32.6 Å². The van der Waals surface area contributed by atoms with Crippen LogP contribution in [0.4, 0.5) is 15.8 Å². The number of benzene rings is 1. The number of aliphatic imine (C=N–C) groups is 1. The Bertz CT molecular complexity index is 942. The van der Waals surface area contributed by atoms with Gasteiger partial charge in [0.2, 0.25) is 0 Å². The van der Waals surface area contributed by atoms with Gasteiger partial charge in [-0.2, -0.15) is 4.99 Å². The van der Waals surface area contributed by atoms with Crippen LogP contribution in [0.25, 0.3) is 0 Å². The second-order valence-corrected chi connectivity index (χ2v) is 6.88. The average Bonchev–Trinajstić information content (AvgIpc) is 2.67. The summed E-state index contributed by atoms with van der Waals surface area (Å²) in [7, 11) is 0. The molecule has 28 heavy (non-hydrogen) atoms. The molecule has 0 spiro atoms. The van der Waals surface area contributed by atoms with Gasteiger partial charge in [0, 0.05) is 18.3 Å². The summed E-state index contributed by atoms with van der Waals surface area (Å²) in [5, 5.41) is 3.06. The first-order valence-corrected chi connectivity index (χ1v) is 9.23. The molecule has 8 heteroatoms. The highest BCUT2D eigenvalue weighted by Gasteiger charge is 2.13. The standard InChI is InChI=1S/C20H20ClFN4O2/c1-12-4-2-3-5-18(12)28-20(23)26-17-10-14(7-8-15(17)22)25-19(27)16-9-6-13(21)11-24-16/h6-11H,2-5H2,1H3,(H2,23,26)(H,25,27). The van der Waals surface area contributed by atoms with E-state index in [4.69, 9.17) is 22.1 Å². The van der Waals surface area contributed by atoms with Crippen molar-refractivity contribution in [3.05, 3.63) is 64.4 Å². The fourth-order valence-corrected chi connectivity index (χ4v) is 2.93. The number of nitrogens with zero attached hydrogens (tertiary/aromatic N) is 2. The van der Waals surface area contributed by atoms with Gasteiger partial charge >= 0.3 is 0 Å². The number of amides is 1. The number of allylic oxidation sites excluding steroid dienone is 2. The van der Waals surface area contributed by atoms with Crippen molar-refractivity contribution in [2.24, 2.45) is 10.7 Å². The summed E-state index contributed by atoms with van der Waals surface area (Å²) >= 11 is 5.76. The Labute approximate surface area is 167 Å². The first-order valence-electron chi connectivity index (χ1n) is 8.85. The Hall–Kier alpha value is -2.93. The average molecular weight is 403 g/mol. The normalized spacial score (nSPS) is 14.8. The molecule has 6 nitrogen and oxygen atoms in total. The molecule has 0 saturated carbocycles. The number of amidine groups is 1. The first kappa shape index (κ1) is 19.8. The minimum atomic E-state index is -0.580. The lowest BCUT2D eigenvalue weighted by Gasteiger charge is -2.17. The van der Waals surface area contributed by atoms with E-state index < -0.39 is 11.7 Å². The molecule has 1 aliphatic rings. The van der Waals surface area contributed by atoms with Crippen LogP contribution in [0.1, 0.15) is 43.1 Å². The van der Waals surface area contributed by atoms with E-state index in [2.05, 4.69) is 15.3 Å².